The molecule has 45 heavy (non-hydrogen) atoms. The molecule has 2 amide bonds. The lowest BCUT2D eigenvalue weighted by Gasteiger charge is -2.49. The quantitative estimate of drug-likeness (QED) is 0.232. The number of nitrogens with zero attached hydrogens (tertiary/aromatic N) is 2. The van der Waals surface area contributed by atoms with Crippen molar-refractivity contribution in [1.29, 1.82) is 0 Å². The number of carbonyl (C=O) groups excluding carboxylic acids is 2. The van der Waals surface area contributed by atoms with Crippen LogP contribution in [0.15, 0.2) is 66.7 Å². The van der Waals surface area contributed by atoms with Gasteiger partial charge in [-0.25, -0.2) is 17.2 Å². The summed E-state index contributed by atoms with van der Waals surface area (Å²) < 4.78 is 56.9. The van der Waals surface area contributed by atoms with E-state index >= 15 is 0 Å². The van der Waals surface area contributed by atoms with Crippen LogP contribution in [0.3, 0.4) is 0 Å². The number of rotatable bonds is 13. The topological polar surface area (TPSA) is 136 Å². The van der Waals surface area contributed by atoms with Crippen molar-refractivity contribution in [3.63, 3.8) is 0 Å². The Labute approximate surface area is 269 Å². The first-order chi connectivity index (χ1) is 21.2. The first kappa shape index (κ1) is 34.1. The molecular formula is C30H30Cl2F2N4O6S. The van der Waals surface area contributed by atoms with Gasteiger partial charge in [0.15, 0.2) is 0 Å². The summed E-state index contributed by atoms with van der Waals surface area (Å²) in [5.74, 6) is -5.54. The van der Waals surface area contributed by atoms with Crippen LogP contribution in [-0.4, -0.2) is 73.7 Å². The van der Waals surface area contributed by atoms with E-state index in [0.717, 1.165) is 27.6 Å². The molecule has 0 aliphatic carbocycles. The molecule has 0 radical (unpaired) electrons. The highest BCUT2D eigenvalue weighted by Gasteiger charge is 2.42. The van der Waals surface area contributed by atoms with Crippen LogP contribution in [0.4, 0.5) is 14.5 Å². The predicted octanol–water partition coefficient (Wildman–Crippen LogP) is 3.98. The normalized spacial score (nSPS) is 14.4. The first-order valence-corrected chi connectivity index (χ1v) is 16.1. The molecule has 4 rings (SSSR count). The highest BCUT2D eigenvalue weighted by molar-refractivity contribution is 7.92. The van der Waals surface area contributed by atoms with E-state index in [0.29, 0.717) is 16.1 Å². The zero-order valence-corrected chi connectivity index (χ0v) is 26.2. The summed E-state index contributed by atoms with van der Waals surface area (Å²) in [5.41, 5.74) is 1.57. The molecule has 3 aromatic carbocycles. The Morgan fingerprint density at radius 1 is 0.956 bits per heavy atom. The number of amides is 2. The molecule has 1 saturated heterocycles. The van der Waals surface area contributed by atoms with Gasteiger partial charge in [0.05, 0.1) is 23.5 Å². The highest BCUT2D eigenvalue weighted by atomic mass is 35.5. The maximum absolute atomic E-state index is 14.3. The number of benzene rings is 3. The summed E-state index contributed by atoms with van der Waals surface area (Å²) in [6, 6.07) is 14.8. The monoisotopic (exact) mass is 682 g/mol. The highest BCUT2D eigenvalue weighted by Crippen LogP contribution is 2.37. The molecule has 3 aromatic rings. The van der Waals surface area contributed by atoms with Crippen LogP contribution in [0, 0.1) is 11.6 Å². The summed E-state index contributed by atoms with van der Waals surface area (Å²) >= 11 is 12.2. The Bertz CT molecular complexity index is 1590. The van der Waals surface area contributed by atoms with E-state index in [1.807, 2.05) is 29.2 Å². The Morgan fingerprint density at radius 2 is 1.47 bits per heavy atom. The van der Waals surface area contributed by atoms with E-state index in [2.05, 4.69) is 10.6 Å². The molecule has 1 aliphatic heterocycles. The average molecular weight is 684 g/mol. The van der Waals surface area contributed by atoms with Gasteiger partial charge in [0.25, 0.3) is 0 Å². The zero-order valence-electron chi connectivity index (χ0n) is 23.9. The second-order valence-corrected chi connectivity index (χ2v) is 13.3. The van der Waals surface area contributed by atoms with Crippen molar-refractivity contribution in [3.05, 3.63) is 99.5 Å². The Kier molecular flexibility index (Phi) is 11.0. The minimum absolute atomic E-state index is 0.201. The van der Waals surface area contributed by atoms with Crippen molar-refractivity contribution in [2.45, 2.75) is 31.5 Å². The fourth-order valence-corrected chi connectivity index (χ4v) is 6.89. The van der Waals surface area contributed by atoms with Crippen molar-refractivity contribution in [2.75, 3.05) is 29.7 Å². The standard InChI is InChI=1S/C30H30Cl2F2N4O6S/c1-18(36-27(39)15-28(40)41)30(42)35-10-11-45(43,44)38(25-13-23(33)12-24(34)14-25)26-16-37(17-26)29(19-2-6-21(31)7-3-19)20-4-8-22(32)9-5-20/h2-9,12-14,18,26,29H,10-11,15-17H2,1H3,(H,35,42)(H,36,39)(H,40,41). The van der Waals surface area contributed by atoms with Gasteiger partial charge in [-0.15, -0.1) is 0 Å². The Morgan fingerprint density at radius 3 is 1.96 bits per heavy atom. The Hall–Kier alpha value is -3.78. The molecule has 10 nitrogen and oxygen atoms in total. The number of nitrogens with one attached hydrogen (secondary N) is 2. The van der Waals surface area contributed by atoms with Gasteiger partial charge in [0.2, 0.25) is 21.8 Å². The predicted molar refractivity (Wildman–Crippen MR) is 166 cm³/mol. The minimum Gasteiger partial charge on any atom is -0.481 e. The summed E-state index contributed by atoms with van der Waals surface area (Å²) in [7, 11) is -4.26. The molecule has 1 heterocycles. The maximum atomic E-state index is 14.3. The first-order valence-electron chi connectivity index (χ1n) is 13.8. The van der Waals surface area contributed by atoms with Crippen molar-refractivity contribution in [2.24, 2.45) is 0 Å². The summed E-state index contributed by atoms with van der Waals surface area (Å²) in [6.45, 7) is 1.33. The van der Waals surface area contributed by atoms with E-state index < -0.39 is 63.7 Å². The van der Waals surface area contributed by atoms with Crippen LogP contribution in [0.1, 0.15) is 30.5 Å². The molecule has 1 aliphatic rings. The number of aliphatic carboxylic acids is 1. The smallest absolute Gasteiger partial charge is 0.312 e. The van der Waals surface area contributed by atoms with Crippen molar-refractivity contribution < 1.29 is 36.7 Å². The van der Waals surface area contributed by atoms with Gasteiger partial charge < -0.3 is 15.7 Å². The van der Waals surface area contributed by atoms with E-state index in [1.165, 1.54) is 6.92 Å². The number of carboxylic acid groups (broad SMARTS) is 1. The third-order valence-electron chi connectivity index (χ3n) is 7.10. The lowest BCUT2D eigenvalue weighted by molar-refractivity contribution is -0.141. The van der Waals surface area contributed by atoms with Crippen LogP contribution in [0.25, 0.3) is 0 Å². The molecule has 3 N–H and O–H groups in total. The van der Waals surface area contributed by atoms with Gasteiger partial charge in [-0.1, -0.05) is 47.5 Å². The largest absolute Gasteiger partial charge is 0.481 e. The Balaban J connectivity index is 1.53. The molecule has 0 saturated carbocycles. The molecule has 1 atom stereocenters. The van der Waals surface area contributed by atoms with Gasteiger partial charge in [-0.3, -0.25) is 23.6 Å². The summed E-state index contributed by atoms with van der Waals surface area (Å²) in [4.78, 5) is 36.8. The van der Waals surface area contributed by atoms with Crippen LogP contribution < -0.4 is 14.9 Å². The molecule has 0 spiro atoms. The second-order valence-electron chi connectivity index (χ2n) is 10.5. The lowest BCUT2D eigenvalue weighted by Crippen LogP contribution is -2.62. The van der Waals surface area contributed by atoms with Crippen LogP contribution in [-0.2, 0) is 24.4 Å². The van der Waals surface area contributed by atoms with Gasteiger partial charge in [-0.05, 0) is 54.4 Å². The maximum Gasteiger partial charge on any atom is 0.312 e. The average Bonchev–Trinajstić information content (AvgIpc) is 2.92. The number of carbonyl (C=O) groups is 3. The molecule has 240 valence electrons. The molecule has 1 fully saturated rings. The second kappa shape index (κ2) is 14.5. The summed E-state index contributed by atoms with van der Waals surface area (Å²) in [5, 5.41) is 14.4. The van der Waals surface area contributed by atoms with Crippen molar-refractivity contribution in [1.82, 2.24) is 15.5 Å². The number of hydrogen-bond acceptors (Lipinski definition) is 6. The number of sulfonamides is 1. The molecular weight excluding hydrogens is 653 g/mol. The van der Waals surface area contributed by atoms with Crippen LogP contribution in [0.2, 0.25) is 10.0 Å². The van der Waals surface area contributed by atoms with Crippen LogP contribution in [0.5, 0.6) is 0 Å². The number of halogens is 4. The number of carboxylic acids is 1. The van der Waals surface area contributed by atoms with Gasteiger partial charge in [0.1, 0.15) is 24.1 Å². The molecule has 0 bridgehead atoms. The van der Waals surface area contributed by atoms with E-state index in [1.54, 1.807) is 24.3 Å². The number of anilines is 1. The molecule has 0 aromatic heterocycles. The fourth-order valence-electron chi connectivity index (χ4n) is 5.07. The SMILES string of the molecule is CC(NC(=O)CC(=O)O)C(=O)NCCS(=O)(=O)N(c1cc(F)cc(F)c1)C1CN(C(c2ccc(Cl)cc2)c2ccc(Cl)cc2)C1. The van der Waals surface area contributed by atoms with E-state index in [9.17, 15) is 31.6 Å². The lowest BCUT2D eigenvalue weighted by atomic mass is 9.93. The van der Waals surface area contributed by atoms with Crippen molar-refractivity contribution in [3.8, 4) is 0 Å². The van der Waals surface area contributed by atoms with Gasteiger partial charge >= 0.3 is 5.97 Å². The number of likely N-dealkylation sites (tertiary alicyclic amines) is 1. The molecule has 15 heteroatoms. The van der Waals surface area contributed by atoms with E-state index in [4.69, 9.17) is 28.3 Å². The van der Waals surface area contributed by atoms with Crippen LogP contribution >= 0.6 is 23.2 Å². The minimum atomic E-state index is -4.26. The fraction of sp³-hybridized carbons (Fsp3) is 0.300. The van der Waals surface area contributed by atoms with Crippen molar-refractivity contribution >= 4 is 56.7 Å². The third-order valence-corrected chi connectivity index (χ3v) is 9.43. The van der Waals surface area contributed by atoms with E-state index in [-0.39, 0.29) is 31.4 Å². The zero-order chi connectivity index (χ0) is 32.9. The third kappa shape index (κ3) is 8.91. The van der Waals surface area contributed by atoms with Gasteiger partial charge in [0, 0.05) is 35.7 Å². The summed E-state index contributed by atoms with van der Waals surface area (Å²) in [6.07, 6.45) is -0.833. The molecule has 1 unspecified atom stereocenters. The van der Waals surface area contributed by atoms with Gasteiger partial charge in [-0.2, -0.15) is 0 Å². The number of hydrogen-bond donors (Lipinski definition) is 3.